The Morgan fingerprint density at radius 2 is 1.69 bits per heavy atom. The molecule has 0 saturated carbocycles. The molecular weight excluding hydrogens is 364 g/mol. The molecule has 0 bridgehead atoms. The Bertz CT molecular complexity index is 931. The third kappa shape index (κ3) is 4.59. The zero-order valence-corrected chi connectivity index (χ0v) is 17.5. The van der Waals surface area contributed by atoms with E-state index in [2.05, 4.69) is 48.1 Å². The van der Waals surface area contributed by atoms with Crippen LogP contribution in [0, 0.1) is 0 Å². The predicted molar refractivity (Wildman–Crippen MR) is 116 cm³/mol. The second-order valence-corrected chi connectivity index (χ2v) is 6.83. The number of hydrogen-bond acceptors (Lipinski definition) is 4. The average molecular weight is 393 g/mol. The minimum absolute atomic E-state index is 0.177. The third-order valence-electron chi connectivity index (χ3n) is 4.96. The fourth-order valence-corrected chi connectivity index (χ4v) is 3.30. The predicted octanol–water partition coefficient (Wildman–Crippen LogP) is 4.00. The van der Waals surface area contributed by atoms with Gasteiger partial charge in [-0.05, 0) is 43.7 Å². The van der Waals surface area contributed by atoms with Crippen LogP contribution in [-0.4, -0.2) is 47.8 Å². The topological polar surface area (TPSA) is 50.6 Å². The van der Waals surface area contributed by atoms with Gasteiger partial charge in [0.2, 0.25) is 0 Å². The summed E-state index contributed by atoms with van der Waals surface area (Å²) in [5.74, 6) is 0.284. The van der Waals surface area contributed by atoms with Crippen molar-refractivity contribution in [2.75, 3.05) is 32.1 Å². The monoisotopic (exact) mass is 392 g/mol. The van der Waals surface area contributed by atoms with Crippen molar-refractivity contribution in [3.63, 3.8) is 0 Å². The van der Waals surface area contributed by atoms with Crippen molar-refractivity contribution in [3.8, 4) is 11.4 Å². The number of methoxy groups -OCH3 is 1. The van der Waals surface area contributed by atoms with Gasteiger partial charge in [0.25, 0.3) is 5.91 Å². The van der Waals surface area contributed by atoms with Crippen LogP contribution in [0.4, 0.5) is 5.69 Å². The van der Waals surface area contributed by atoms with Crippen LogP contribution in [0.1, 0.15) is 29.9 Å². The summed E-state index contributed by atoms with van der Waals surface area (Å²) in [4.78, 5) is 17.0. The summed E-state index contributed by atoms with van der Waals surface area (Å²) in [5, 5.41) is 4.47. The molecule has 29 heavy (non-hydrogen) atoms. The maximum Gasteiger partial charge on any atom is 0.278 e. The van der Waals surface area contributed by atoms with Crippen LogP contribution in [-0.2, 0) is 6.54 Å². The van der Waals surface area contributed by atoms with E-state index in [1.165, 1.54) is 5.69 Å². The second-order valence-electron chi connectivity index (χ2n) is 6.83. The van der Waals surface area contributed by atoms with Crippen molar-refractivity contribution in [3.05, 3.63) is 72.1 Å². The third-order valence-corrected chi connectivity index (χ3v) is 4.96. The van der Waals surface area contributed by atoms with Gasteiger partial charge in [-0.15, -0.1) is 0 Å². The zero-order chi connectivity index (χ0) is 20.8. The lowest BCUT2D eigenvalue weighted by Crippen LogP contribution is -2.27. The highest BCUT2D eigenvalue weighted by atomic mass is 16.5. The van der Waals surface area contributed by atoms with Crippen molar-refractivity contribution in [1.29, 1.82) is 0 Å². The van der Waals surface area contributed by atoms with E-state index in [0.29, 0.717) is 18.0 Å². The molecule has 6 nitrogen and oxygen atoms in total. The lowest BCUT2D eigenvalue weighted by molar-refractivity contribution is 0.0775. The lowest BCUT2D eigenvalue weighted by atomic mass is 10.1. The summed E-state index contributed by atoms with van der Waals surface area (Å²) in [6.45, 7) is 6.73. The van der Waals surface area contributed by atoms with Crippen molar-refractivity contribution in [2.45, 2.75) is 20.4 Å². The maximum atomic E-state index is 13.0. The molecule has 0 saturated heterocycles. The standard InChI is InChI=1S/C23H28N4O2/c1-5-26(6-2)19-14-12-18(13-15-19)16-25(3)23(28)22-21(29-4)17-27(24-22)20-10-8-7-9-11-20/h7-15,17H,5-6,16H2,1-4H3. The van der Waals surface area contributed by atoms with Crippen LogP contribution >= 0.6 is 0 Å². The highest BCUT2D eigenvalue weighted by Crippen LogP contribution is 2.22. The molecule has 0 spiro atoms. The van der Waals surface area contributed by atoms with E-state index in [4.69, 9.17) is 4.74 Å². The minimum Gasteiger partial charge on any atom is -0.493 e. The summed E-state index contributed by atoms with van der Waals surface area (Å²) in [6.07, 6.45) is 1.73. The van der Waals surface area contributed by atoms with Crippen molar-refractivity contribution < 1.29 is 9.53 Å². The molecule has 0 radical (unpaired) electrons. The average Bonchev–Trinajstić information content (AvgIpc) is 3.20. The number of anilines is 1. The Morgan fingerprint density at radius 1 is 1.03 bits per heavy atom. The molecule has 1 aromatic heterocycles. The number of benzene rings is 2. The molecule has 0 aliphatic heterocycles. The first-order valence-corrected chi connectivity index (χ1v) is 9.85. The van der Waals surface area contributed by atoms with Gasteiger partial charge in [-0.25, -0.2) is 4.68 Å². The Labute approximate surface area is 172 Å². The van der Waals surface area contributed by atoms with E-state index >= 15 is 0 Å². The van der Waals surface area contributed by atoms with Gasteiger partial charge >= 0.3 is 0 Å². The Morgan fingerprint density at radius 3 is 2.28 bits per heavy atom. The summed E-state index contributed by atoms with van der Waals surface area (Å²) in [6, 6.07) is 18.0. The van der Waals surface area contributed by atoms with Crippen LogP contribution in [0.15, 0.2) is 60.8 Å². The van der Waals surface area contributed by atoms with Gasteiger partial charge in [0, 0.05) is 32.4 Å². The Hall–Kier alpha value is -3.28. The normalized spacial score (nSPS) is 10.6. The largest absolute Gasteiger partial charge is 0.493 e. The number of amides is 1. The van der Waals surface area contributed by atoms with E-state index < -0.39 is 0 Å². The molecule has 0 atom stereocenters. The fraction of sp³-hybridized carbons (Fsp3) is 0.304. The number of rotatable bonds is 8. The number of para-hydroxylation sites is 1. The number of nitrogens with zero attached hydrogens (tertiary/aromatic N) is 4. The van der Waals surface area contributed by atoms with Crippen molar-refractivity contribution >= 4 is 11.6 Å². The zero-order valence-electron chi connectivity index (χ0n) is 17.5. The molecule has 0 N–H and O–H groups in total. The summed E-state index contributed by atoms with van der Waals surface area (Å²) >= 11 is 0. The molecule has 3 aromatic rings. The molecule has 1 heterocycles. The number of ether oxygens (including phenoxy) is 1. The van der Waals surface area contributed by atoms with E-state index in [1.54, 1.807) is 29.9 Å². The molecule has 6 heteroatoms. The van der Waals surface area contributed by atoms with Crippen LogP contribution in [0.25, 0.3) is 5.69 Å². The first-order valence-electron chi connectivity index (χ1n) is 9.85. The van der Waals surface area contributed by atoms with Gasteiger partial charge in [-0.3, -0.25) is 4.79 Å². The van der Waals surface area contributed by atoms with Gasteiger partial charge in [-0.1, -0.05) is 30.3 Å². The summed E-state index contributed by atoms with van der Waals surface area (Å²) in [7, 11) is 3.33. The first kappa shape index (κ1) is 20.5. The van der Waals surface area contributed by atoms with Gasteiger partial charge in [-0.2, -0.15) is 5.10 Å². The molecule has 0 aliphatic carbocycles. The maximum absolute atomic E-state index is 13.0. The van der Waals surface area contributed by atoms with Crippen LogP contribution < -0.4 is 9.64 Å². The Balaban J connectivity index is 1.75. The van der Waals surface area contributed by atoms with Gasteiger partial charge in [0.1, 0.15) is 0 Å². The molecule has 2 aromatic carbocycles. The van der Waals surface area contributed by atoms with Crippen LogP contribution in [0.5, 0.6) is 5.75 Å². The molecule has 152 valence electrons. The van der Waals surface area contributed by atoms with E-state index in [9.17, 15) is 4.79 Å². The van der Waals surface area contributed by atoms with E-state index in [0.717, 1.165) is 24.3 Å². The number of aromatic nitrogens is 2. The van der Waals surface area contributed by atoms with Crippen LogP contribution in [0.3, 0.4) is 0 Å². The number of carbonyl (C=O) groups is 1. The molecular formula is C23H28N4O2. The van der Waals surface area contributed by atoms with E-state index in [1.807, 2.05) is 30.3 Å². The second kappa shape index (κ2) is 9.28. The number of hydrogen-bond donors (Lipinski definition) is 0. The van der Waals surface area contributed by atoms with Crippen molar-refractivity contribution in [2.24, 2.45) is 0 Å². The van der Waals surface area contributed by atoms with Gasteiger partial charge in [0.05, 0.1) is 19.0 Å². The van der Waals surface area contributed by atoms with Crippen molar-refractivity contribution in [1.82, 2.24) is 14.7 Å². The fourth-order valence-electron chi connectivity index (χ4n) is 3.30. The number of carbonyl (C=O) groups excluding carboxylic acids is 1. The minimum atomic E-state index is -0.177. The quantitative estimate of drug-likeness (QED) is 0.581. The molecule has 1 amide bonds. The summed E-state index contributed by atoms with van der Waals surface area (Å²) < 4.78 is 7.06. The van der Waals surface area contributed by atoms with Gasteiger partial charge < -0.3 is 14.5 Å². The molecule has 0 unspecified atom stereocenters. The molecule has 0 aliphatic rings. The Kier molecular flexibility index (Phi) is 6.54. The SMILES string of the molecule is CCN(CC)c1ccc(CN(C)C(=O)c2nn(-c3ccccc3)cc2OC)cc1. The highest BCUT2D eigenvalue weighted by Gasteiger charge is 2.22. The van der Waals surface area contributed by atoms with E-state index in [-0.39, 0.29) is 5.91 Å². The smallest absolute Gasteiger partial charge is 0.278 e. The van der Waals surface area contributed by atoms with Crippen LogP contribution in [0.2, 0.25) is 0 Å². The molecule has 3 rings (SSSR count). The first-order chi connectivity index (χ1) is 14.1. The highest BCUT2D eigenvalue weighted by molar-refractivity contribution is 5.94. The molecule has 0 fully saturated rings. The van der Waals surface area contributed by atoms with Gasteiger partial charge in [0.15, 0.2) is 11.4 Å². The lowest BCUT2D eigenvalue weighted by Gasteiger charge is -2.22. The summed E-state index contributed by atoms with van der Waals surface area (Å²) in [5.41, 5.74) is 3.44.